The quantitative estimate of drug-likeness (QED) is 0.417. The fourth-order valence-corrected chi connectivity index (χ4v) is 3.94. The first-order chi connectivity index (χ1) is 14.2. The molecule has 1 aliphatic rings. The van der Waals surface area contributed by atoms with Crippen LogP contribution >= 0.6 is 0 Å². The van der Waals surface area contributed by atoms with Crippen LogP contribution < -0.4 is 5.32 Å². The number of alkyl halides is 1. The van der Waals surface area contributed by atoms with Gasteiger partial charge in [0.2, 0.25) is 0 Å². The normalized spacial score (nSPS) is 17.0. The number of rotatable bonds is 9. The van der Waals surface area contributed by atoms with E-state index in [1.807, 2.05) is 6.08 Å². The summed E-state index contributed by atoms with van der Waals surface area (Å²) >= 11 is 0. The first-order valence-electron chi connectivity index (χ1n) is 11.1. The van der Waals surface area contributed by atoms with Crippen molar-refractivity contribution in [2.75, 3.05) is 5.32 Å². The minimum absolute atomic E-state index is 0.531. The summed E-state index contributed by atoms with van der Waals surface area (Å²) in [5.74, 6) is 1.14. The molecule has 0 radical (unpaired) electrons. The van der Waals surface area contributed by atoms with Crippen LogP contribution in [0.3, 0.4) is 0 Å². The van der Waals surface area contributed by atoms with E-state index in [1.54, 1.807) is 32.2 Å². The number of nitrogens with zero attached hydrogens (tertiary/aromatic N) is 1. The Morgan fingerprint density at radius 1 is 1.27 bits per heavy atom. The molecule has 1 N–H and O–H groups in total. The molecule has 1 saturated carbocycles. The van der Waals surface area contributed by atoms with E-state index < -0.39 is 5.67 Å². The second kappa shape index (κ2) is 11.1. The summed E-state index contributed by atoms with van der Waals surface area (Å²) in [6.45, 7) is 15.6. The Kier molecular flexibility index (Phi) is 8.83. The minimum atomic E-state index is -1.41. The van der Waals surface area contributed by atoms with Crippen LogP contribution in [-0.4, -0.2) is 4.98 Å². The fraction of sp³-hybridized carbons (Fsp3) is 0.444. The van der Waals surface area contributed by atoms with Crippen molar-refractivity contribution in [1.29, 1.82) is 0 Å². The van der Waals surface area contributed by atoms with Crippen LogP contribution in [0, 0.1) is 5.92 Å². The molecule has 1 fully saturated rings. The number of hydrogen-bond donors (Lipinski definition) is 1. The number of aromatic nitrogens is 1. The van der Waals surface area contributed by atoms with Gasteiger partial charge in [0.25, 0.3) is 0 Å². The average molecular weight is 409 g/mol. The third-order valence-corrected chi connectivity index (χ3v) is 5.63. The van der Waals surface area contributed by atoms with E-state index in [2.05, 4.69) is 55.5 Å². The predicted octanol–water partition coefficient (Wildman–Crippen LogP) is 8.19. The summed E-state index contributed by atoms with van der Waals surface area (Å²) in [5.41, 5.74) is 3.64. The number of allylic oxidation sites excluding steroid dienone is 7. The summed E-state index contributed by atoms with van der Waals surface area (Å²) in [6.07, 6.45) is 17.4. The second-order valence-corrected chi connectivity index (χ2v) is 8.63. The van der Waals surface area contributed by atoms with Gasteiger partial charge in [-0.2, -0.15) is 0 Å². The molecular formula is C27H37FN2. The van der Waals surface area contributed by atoms with E-state index in [9.17, 15) is 4.39 Å². The monoisotopic (exact) mass is 408 g/mol. The first kappa shape index (κ1) is 23.9. The van der Waals surface area contributed by atoms with Crippen LogP contribution in [0.15, 0.2) is 78.2 Å². The molecule has 0 atom stereocenters. The maximum absolute atomic E-state index is 14.3. The van der Waals surface area contributed by atoms with Gasteiger partial charge >= 0.3 is 0 Å². The van der Waals surface area contributed by atoms with E-state index in [4.69, 9.17) is 0 Å². The van der Waals surface area contributed by atoms with Crippen molar-refractivity contribution in [1.82, 2.24) is 4.98 Å². The Morgan fingerprint density at radius 3 is 2.57 bits per heavy atom. The number of anilines is 1. The van der Waals surface area contributed by atoms with Gasteiger partial charge in [0.1, 0.15) is 11.5 Å². The first-order valence-corrected chi connectivity index (χ1v) is 11.1. The summed E-state index contributed by atoms with van der Waals surface area (Å²) in [7, 11) is 0. The maximum Gasteiger partial charge on any atom is 0.130 e. The van der Waals surface area contributed by atoms with Gasteiger partial charge < -0.3 is 5.32 Å². The van der Waals surface area contributed by atoms with Gasteiger partial charge in [0, 0.05) is 11.9 Å². The molecule has 1 heterocycles. The van der Waals surface area contributed by atoms with Crippen LogP contribution in [0.5, 0.6) is 0 Å². The van der Waals surface area contributed by atoms with Gasteiger partial charge in [-0.15, -0.1) is 0 Å². The topological polar surface area (TPSA) is 24.9 Å². The lowest BCUT2D eigenvalue weighted by Gasteiger charge is -2.24. The summed E-state index contributed by atoms with van der Waals surface area (Å²) in [4.78, 5) is 4.33. The van der Waals surface area contributed by atoms with E-state index in [-0.39, 0.29) is 0 Å². The Bertz CT molecular complexity index is 831. The molecule has 0 amide bonds. The van der Waals surface area contributed by atoms with Crippen molar-refractivity contribution < 1.29 is 4.39 Å². The largest absolute Gasteiger partial charge is 0.341 e. The zero-order valence-electron chi connectivity index (χ0n) is 19.1. The molecule has 0 spiro atoms. The summed E-state index contributed by atoms with van der Waals surface area (Å²) in [6, 6.07) is 3.46. The van der Waals surface area contributed by atoms with Gasteiger partial charge in [0.05, 0.1) is 0 Å². The molecule has 1 aromatic rings. The Balaban J connectivity index is 2.30. The molecule has 0 aliphatic heterocycles. The van der Waals surface area contributed by atoms with Crippen LogP contribution in [0.2, 0.25) is 0 Å². The minimum Gasteiger partial charge on any atom is -0.341 e. The molecular weight excluding hydrogens is 371 g/mol. The van der Waals surface area contributed by atoms with Crippen LogP contribution in [0.4, 0.5) is 10.2 Å². The van der Waals surface area contributed by atoms with E-state index in [0.717, 1.165) is 12.1 Å². The molecule has 0 unspecified atom stereocenters. The maximum atomic E-state index is 14.3. The van der Waals surface area contributed by atoms with Crippen LogP contribution in [0.25, 0.3) is 0 Å². The number of nitrogens with one attached hydrogen (secondary N) is 1. The number of hydrogen-bond acceptors (Lipinski definition) is 2. The Morgan fingerprint density at radius 2 is 1.97 bits per heavy atom. The van der Waals surface area contributed by atoms with Crippen molar-refractivity contribution in [3.63, 3.8) is 0 Å². The second-order valence-electron chi connectivity index (χ2n) is 8.63. The van der Waals surface area contributed by atoms with Gasteiger partial charge in [0.15, 0.2) is 0 Å². The number of pyridine rings is 1. The Labute approximate surface area is 182 Å². The predicted molar refractivity (Wildman–Crippen MR) is 128 cm³/mol. The molecule has 3 heteroatoms. The smallest absolute Gasteiger partial charge is 0.130 e. The van der Waals surface area contributed by atoms with E-state index in [1.165, 1.54) is 48.8 Å². The van der Waals surface area contributed by atoms with Crippen molar-refractivity contribution in [3.8, 4) is 0 Å². The van der Waals surface area contributed by atoms with Crippen molar-refractivity contribution in [2.24, 2.45) is 5.92 Å². The average Bonchev–Trinajstić information content (AvgIpc) is 2.71. The molecule has 1 aromatic heterocycles. The van der Waals surface area contributed by atoms with Crippen molar-refractivity contribution in [3.05, 3.63) is 83.8 Å². The molecule has 1 aliphatic carbocycles. The molecule has 0 aromatic carbocycles. The molecule has 0 bridgehead atoms. The lowest BCUT2D eigenvalue weighted by molar-refractivity contribution is 0.221. The van der Waals surface area contributed by atoms with Gasteiger partial charge in [-0.1, -0.05) is 57.6 Å². The lowest BCUT2D eigenvalue weighted by Crippen LogP contribution is -2.11. The highest BCUT2D eigenvalue weighted by Gasteiger charge is 2.20. The van der Waals surface area contributed by atoms with E-state index >= 15 is 0 Å². The van der Waals surface area contributed by atoms with Crippen molar-refractivity contribution in [2.45, 2.75) is 71.9 Å². The van der Waals surface area contributed by atoms with Crippen LogP contribution in [-0.2, 0) is 5.67 Å². The van der Waals surface area contributed by atoms with Gasteiger partial charge in [-0.05, 0) is 86.4 Å². The SMILES string of the molecule is C=CC(=C\CC)/C(C)=C/C(=C\C(=C)Nc1cc(C(C)(C)F)ccn1)C1CCCCC1. The van der Waals surface area contributed by atoms with Crippen LogP contribution in [0.1, 0.15) is 71.8 Å². The summed E-state index contributed by atoms with van der Waals surface area (Å²) in [5, 5.41) is 3.25. The van der Waals surface area contributed by atoms with Crippen molar-refractivity contribution >= 4 is 5.82 Å². The highest BCUT2D eigenvalue weighted by molar-refractivity contribution is 5.49. The summed E-state index contributed by atoms with van der Waals surface area (Å²) < 4.78 is 14.3. The molecule has 2 rings (SSSR count). The molecule has 30 heavy (non-hydrogen) atoms. The number of halogens is 1. The molecule has 0 saturated heterocycles. The lowest BCUT2D eigenvalue weighted by atomic mass is 9.82. The van der Waals surface area contributed by atoms with Gasteiger partial charge in [-0.3, -0.25) is 0 Å². The highest BCUT2D eigenvalue weighted by atomic mass is 19.1. The molecule has 2 nitrogen and oxygen atoms in total. The zero-order chi connectivity index (χ0) is 22.1. The third kappa shape index (κ3) is 7.12. The van der Waals surface area contributed by atoms with E-state index in [0.29, 0.717) is 17.3 Å². The van der Waals surface area contributed by atoms with Gasteiger partial charge in [-0.25, -0.2) is 9.37 Å². The Hall–Kier alpha value is -2.42. The zero-order valence-corrected chi connectivity index (χ0v) is 19.1. The fourth-order valence-electron chi connectivity index (χ4n) is 3.94. The molecule has 162 valence electrons. The third-order valence-electron chi connectivity index (χ3n) is 5.63. The highest BCUT2D eigenvalue weighted by Crippen LogP contribution is 2.33. The standard InChI is InChI=1S/C27H37FN2/c1-7-12-22(8-2)20(3)17-24(23-13-10-9-11-14-23)18-21(4)30-26-19-25(15-16-29-26)27(5,6)28/h8,12,15-19,23H,2,4,7,9-11,13-14H2,1,3,5-6H3,(H,29,30)/b20-17+,22-12+,24-18+.